The smallest absolute Gasteiger partial charge is 0.273 e. The van der Waals surface area contributed by atoms with Crippen LogP contribution >= 0.6 is 11.3 Å². The minimum Gasteiger partial charge on any atom is -0.335 e. The number of thiazole rings is 1. The molecule has 2 amide bonds. The van der Waals surface area contributed by atoms with E-state index in [2.05, 4.69) is 22.1 Å². The number of aromatic nitrogens is 1. The molecule has 2 heterocycles. The monoisotopic (exact) mass is 358 g/mol. The van der Waals surface area contributed by atoms with Crippen LogP contribution in [0.5, 0.6) is 0 Å². The van der Waals surface area contributed by atoms with Gasteiger partial charge in [-0.2, -0.15) is 0 Å². The highest BCUT2D eigenvalue weighted by Crippen LogP contribution is 2.19. The van der Waals surface area contributed by atoms with Crippen molar-refractivity contribution in [3.63, 3.8) is 0 Å². The number of nitrogens with one attached hydrogen (secondary N) is 1. The van der Waals surface area contributed by atoms with Crippen molar-refractivity contribution in [3.05, 3.63) is 46.5 Å². The number of nitrogens with zero attached hydrogens (tertiary/aromatic N) is 3. The van der Waals surface area contributed by atoms with Crippen molar-refractivity contribution >= 4 is 28.3 Å². The molecule has 0 radical (unpaired) electrons. The Kier molecular flexibility index (Phi) is 5.45. The summed E-state index contributed by atoms with van der Waals surface area (Å²) in [5.41, 5.74) is 1.91. The molecule has 0 spiro atoms. The highest BCUT2D eigenvalue weighted by molar-refractivity contribution is 7.14. The molecule has 0 bridgehead atoms. The van der Waals surface area contributed by atoms with E-state index in [4.69, 9.17) is 0 Å². The summed E-state index contributed by atoms with van der Waals surface area (Å²) in [5, 5.41) is 4.94. The maximum atomic E-state index is 12.6. The number of carbonyl (C=O) groups is 2. The molecule has 0 unspecified atom stereocenters. The molecule has 6 nitrogen and oxygen atoms in total. The average molecular weight is 358 g/mol. The molecule has 1 saturated heterocycles. The maximum Gasteiger partial charge on any atom is 0.273 e. The van der Waals surface area contributed by atoms with Crippen LogP contribution < -0.4 is 5.32 Å². The number of piperazine rings is 1. The number of aryl methyl sites for hydroxylation is 1. The van der Waals surface area contributed by atoms with Crippen molar-refractivity contribution in [3.8, 4) is 0 Å². The van der Waals surface area contributed by atoms with Crippen LogP contribution in [0.2, 0.25) is 0 Å². The van der Waals surface area contributed by atoms with Gasteiger partial charge in [-0.1, -0.05) is 25.1 Å². The second kappa shape index (κ2) is 7.76. The Labute approximate surface area is 151 Å². The zero-order valence-electron chi connectivity index (χ0n) is 14.5. The van der Waals surface area contributed by atoms with Crippen molar-refractivity contribution in [2.24, 2.45) is 0 Å². The first-order valence-corrected chi connectivity index (χ1v) is 9.30. The Hall–Kier alpha value is -2.25. The standard InChI is InChI=1S/C18H22N4O2S/c1-3-21-8-10-22(11-9-21)17(24)15-12-25-18(19-15)20-16(23)14-7-5-4-6-13(14)2/h4-7,12H,3,8-11H2,1-2H3,(H,19,20,23). The highest BCUT2D eigenvalue weighted by atomic mass is 32.1. The van der Waals surface area contributed by atoms with Gasteiger partial charge in [-0.05, 0) is 25.1 Å². The third-order valence-electron chi connectivity index (χ3n) is 4.44. The number of likely N-dealkylation sites (N-methyl/N-ethyl adjacent to an activating group) is 1. The van der Waals surface area contributed by atoms with Crippen molar-refractivity contribution in [2.45, 2.75) is 13.8 Å². The molecule has 1 fully saturated rings. The van der Waals surface area contributed by atoms with E-state index in [-0.39, 0.29) is 11.8 Å². The van der Waals surface area contributed by atoms with Gasteiger partial charge in [-0.3, -0.25) is 14.9 Å². The largest absolute Gasteiger partial charge is 0.335 e. The molecule has 3 rings (SSSR count). The van der Waals surface area contributed by atoms with Gasteiger partial charge in [0.05, 0.1) is 0 Å². The van der Waals surface area contributed by atoms with Crippen LogP contribution in [-0.4, -0.2) is 59.3 Å². The van der Waals surface area contributed by atoms with Gasteiger partial charge in [0.1, 0.15) is 5.69 Å². The van der Waals surface area contributed by atoms with Gasteiger partial charge < -0.3 is 9.80 Å². The lowest BCUT2D eigenvalue weighted by atomic mass is 10.1. The molecule has 1 aliphatic heterocycles. The number of anilines is 1. The van der Waals surface area contributed by atoms with E-state index in [1.54, 1.807) is 11.4 Å². The fourth-order valence-electron chi connectivity index (χ4n) is 2.85. The van der Waals surface area contributed by atoms with E-state index in [0.29, 0.717) is 16.4 Å². The molecular formula is C18H22N4O2S. The second-order valence-electron chi connectivity index (χ2n) is 6.03. The van der Waals surface area contributed by atoms with Crippen molar-refractivity contribution < 1.29 is 9.59 Å². The Morgan fingerprint density at radius 1 is 1.20 bits per heavy atom. The number of amides is 2. The van der Waals surface area contributed by atoms with Crippen molar-refractivity contribution in [2.75, 3.05) is 38.0 Å². The molecule has 1 aromatic heterocycles. The summed E-state index contributed by atoms with van der Waals surface area (Å²) in [6.07, 6.45) is 0. The molecular weight excluding hydrogens is 336 g/mol. The lowest BCUT2D eigenvalue weighted by molar-refractivity contribution is 0.0638. The molecule has 1 N–H and O–H groups in total. The van der Waals surface area contributed by atoms with Crippen LogP contribution in [0.3, 0.4) is 0 Å². The minimum atomic E-state index is -0.206. The quantitative estimate of drug-likeness (QED) is 0.912. The Morgan fingerprint density at radius 3 is 2.60 bits per heavy atom. The third kappa shape index (κ3) is 4.05. The van der Waals surface area contributed by atoms with Crippen molar-refractivity contribution in [1.29, 1.82) is 0 Å². The molecule has 7 heteroatoms. The Morgan fingerprint density at radius 2 is 1.92 bits per heavy atom. The molecule has 0 saturated carbocycles. The number of benzene rings is 1. The number of carbonyl (C=O) groups excluding carboxylic acids is 2. The number of hydrogen-bond acceptors (Lipinski definition) is 5. The number of rotatable bonds is 4. The molecule has 1 aliphatic rings. The van der Waals surface area contributed by atoms with E-state index in [1.165, 1.54) is 11.3 Å². The van der Waals surface area contributed by atoms with Crippen LogP contribution in [0.4, 0.5) is 5.13 Å². The van der Waals surface area contributed by atoms with Crippen LogP contribution in [-0.2, 0) is 0 Å². The summed E-state index contributed by atoms with van der Waals surface area (Å²) in [5.74, 6) is -0.272. The number of hydrogen-bond donors (Lipinski definition) is 1. The van der Waals surface area contributed by atoms with Gasteiger partial charge in [-0.15, -0.1) is 11.3 Å². The second-order valence-corrected chi connectivity index (χ2v) is 6.89. The van der Waals surface area contributed by atoms with Crippen LogP contribution in [0, 0.1) is 6.92 Å². The molecule has 0 aliphatic carbocycles. The van der Waals surface area contributed by atoms with Crippen LogP contribution in [0.15, 0.2) is 29.6 Å². The fraction of sp³-hybridized carbons (Fsp3) is 0.389. The molecule has 2 aromatic rings. The van der Waals surface area contributed by atoms with Gasteiger partial charge in [0.15, 0.2) is 5.13 Å². The summed E-state index contributed by atoms with van der Waals surface area (Å²) in [6.45, 7) is 8.24. The zero-order valence-corrected chi connectivity index (χ0v) is 15.3. The first kappa shape index (κ1) is 17.6. The summed E-state index contributed by atoms with van der Waals surface area (Å²) in [7, 11) is 0. The molecule has 0 atom stereocenters. The van der Waals surface area contributed by atoms with Crippen LogP contribution in [0.25, 0.3) is 0 Å². The lowest BCUT2D eigenvalue weighted by Gasteiger charge is -2.33. The van der Waals surface area contributed by atoms with Gasteiger partial charge in [0, 0.05) is 37.1 Å². The first-order valence-electron chi connectivity index (χ1n) is 8.42. The topological polar surface area (TPSA) is 65.5 Å². The fourth-order valence-corrected chi connectivity index (χ4v) is 3.53. The first-order chi connectivity index (χ1) is 12.1. The van der Waals surface area contributed by atoms with E-state index in [0.717, 1.165) is 38.3 Å². The normalized spacial score (nSPS) is 15.2. The summed E-state index contributed by atoms with van der Waals surface area (Å²) >= 11 is 1.27. The predicted octanol–water partition coefficient (Wildman–Crippen LogP) is 2.48. The summed E-state index contributed by atoms with van der Waals surface area (Å²) < 4.78 is 0. The molecule has 25 heavy (non-hydrogen) atoms. The Balaban J connectivity index is 1.63. The molecule has 1 aromatic carbocycles. The molecule has 132 valence electrons. The van der Waals surface area contributed by atoms with Crippen LogP contribution in [0.1, 0.15) is 33.3 Å². The van der Waals surface area contributed by atoms with Gasteiger partial charge in [0.25, 0.3) is 11.8 Å². The average Bonchev–Trinajstić information content (AvgIpc) is 3.10. The van der Waals surface area contributed by atoms with E-state index < -0.39 is 0 Å². The Bertz CT molecular complexity index is 766. The predicted molar refractivity (Wildman–Crippen MR) is 99.3 cm³/mol. The zero-order chi connectivity index (χ0) is 17.8. The van der Waals surface area contributed by atoms with Crippen molar-refractivity contribution in [1.82, 2.24) is 14.8 Å². The maximum absolute atomic E-state index is 12.6. The summed E-state index contributed by atoms with van der Waals surface area (Å²) in [4.78, 5) is 33.3. The lowest BCUT2D eigenvalue weighted by Crippen LogP contribution is -2.48. The summed E-state index contributed by atoms with van der Waals surface area (Å²) in [6, 6.07) is 7.39. The minimum absolute atomic E-state index is 0.0663. The van der Waals surface area contributed by atoms with Gasteiger partial charge >= 0.3 is 0 Å². The third-order valence-corrected chi connectivity index (χ3v) is 5.20. The van der Waals surface area contributed by atoms with E-state index in [1.807, 2.05) is 30.0 Å². The SMILES string of the molecule is CCN1CCN(C(=O)c2csc(NC(=O)c3ccccc3C)n2)CC1. The van der Waals surface area contributed by atoms with Gasteiger partial charge in [-0.25, -0.2) is 4.98 Å². The highest BCUT2D eigenvalue weighted by Gasteiger charge is 2.23. The van der Waals surface area contributed by atoms with Gasteiger partial charge in [0.2, 0.25) is 0 Å². The van der Waals surface area contributed by atoms with E-state index in [9.17, 15) is 9.59 Å². The van der Waals surface area contributed by atoms with E-state index >= 15 is 0 Å².